The van der Waals surface area contributed by atoms with Crippen LogP contribution in [0.3, 0.4) is 0 Å². The number of phenols is 1. The van der Waals surface area contributed by atoms with Gasteiger partial charge in [-0.3, -0.25) is 4.99 Å². The van der Waals surface area contributed by atoms with E-state index in [-0.39, 0.29) is 5.75 Å². The topological polar surface area (TPSA) is 58.1 Å². The van der Waals surface area contributed by atoms with Gasteiger partial charge in [0.2, 0.25) is 5.88 Å². The smallest absolute Gasteiger partial charge is 0.218 e. The number of rotatable bonds is 4. The number of aliphatic imine (C=N–C) groups is 2. The maximum absolute atomic E-state index is 9.71. The van der Waals surface area contributed by atoms with Crippen molar-refractivity contribution in [1.29, 1.82) is 0 Å². The zero-order chi connectivity index (χ0) is 16.1. The molecule has 3 rings (SSSR count). The molecule has 0 saturated carbocycles. The highest BCUT2D eigenvalue weighted by molar-refractivity contribution is 6.00. The van der Waals surface area contributed by atoms with Gasteiger partial charge < -0.3 is 9.52 Å². The quantitative estimate of drug-likeness (QED) is 0.699. The summed E-state index contributed by atoms with van der Waals surface area (Å²) in [6.07, 6.45) is 3.25. The maximum atomic E-state index is 9.71. The van der Waals surface area contributed by atoms with Crippen LogP contribution in [0.25, 0.3) is 0 Å². The fourth-order valence-electron chi connectivity index (χ4n) is 2.09. The predicted octanol–water partition coefficient (Wildman–Crippen LogP) is 4.88. The molecule has 0 atom stereocenters. The van der Waals surface area contributed by atoms with Gasteiger partial charge in [0.05, 0.1) is 12.0 Å². The van der Waals surface area contributed by atoms with Gasteiger partial charge in [0, 0.05) is 23.6 Å². The van der Waals surface area contributed by atoms with Crippen molar-refractivity contribution in [2.75, 3.05) is 0 Å². The van der Waals surface area contributed by atoms with E-state index < -0.39 is 0 Å². The Balaban J connectivity index is 1.76. The molecule has 4 nitrogen and oxygen atoms in total. The van der Waals surface area contributed by atoms with Gasteiger partial charge in [-0.2, -0.15) is 0 Å². The maximum Gasteiger partial charge on any atom is 0.218 e. The molecule has 1 heterocycles. The first-order chi connectivity index (χ1) is 11.2. The van der Waals surface area contributed by atoms with E-state index in [2.05, 4.69) is 9.98 Å². The average molecular weight is 304 g/mol. The number of para-hydroxylation sites is 1. The van der Waals surface area contributed by atoms with Crippen molar-refractivity contribution in [3.63, 3.8) is 0 Å². The summed E-state index contributed by atoms with van der Waals surface area (Å²) in [7, 11) is 0. The van der Waals surface area contributed by atoms with E-state index in [0.29, 0.717) is 11.4 Å². The molecule has 4 heteroatoms. The predicted molar refractivity (Wildman–Crippen MR) is 92.4 cm³/mol. The van der Waals surface area contributed by atoms with E-state index in [1.165, 1.54) is 0 Å². The molecule has 0 saturated heterocycles. The van der Waals surface area contributed by atoms with Crippen LogP contribution < -0.4 is 0 Å². The second-order valence-electron chi connectivity index (χ2n) is 5.01. The molecule has 0 fully saturated rings. The summed E-state index contributed by atoms with van der Waals surface area (Å²) in [6.45, 7) is 1.93. The molecule has 23 heavy (non-hydrogen) atoms. The van der Waals surface area contributed by atoms with Crippen molar-refractivity contribution in [2.24, 2.45) is 9.98 Å². The van der Waals surface area contributed by atoms with Crippen molar-refractivity contribution >= 4 is 23.5 Å². The molecule has 0 amide bonds. The lowest BCUT2D eigenvalue weighted by Gasteiger charge is -2.01. The lowest BCUT2D eigenvalue weighted by Crippen LogP contribution is -1.92. The SMILES string of the molecule is C/C(=N/c1ccco1)c1ccc(N=Cc2ccccc2O)cc1. The zero-order valence-corrected chi connectivity index (χ0v) is 12.7. The molecule has 0 aliphatic rings. The number of hydrogen-bond acceptors (Lipinski definition) is 4. The zero-order valence-electron chi connectivity index (χ0n) is 12.7. The average Bonchev–Trinajstić information content (AvgIpc) is 3.07. The lowest BCUT2D eigenvalue weighted by atomic mass is 10.1. The van der Waals surface area contributed by atoms with Crippen molar-refractivity contribution in [3.8, 4) is 5.75 Å². The minimum absolute atomic E-state index is 0.217. The van der Waals surface area contributed by atoms with Crippen molar-refractivity contribution < 1.29 is 9.52 Å². The van der Waals surface area contributed by atoms with Crippen LogP contribution in [0.15, 0.2) is 81.3 Å². The van der Waals surface area contributed by atoms with Crippen LogP contribution in [0.4, 0.5) is 11.6 Å². The molecule has 0 aliphatic heterocycles. The third-order valence-electron chi connectivity index (χ3n) is 3.36. The molecule has 0 unspecified atom stereocenters. The van der Waals surface area contributed by atoms with Gasteiger partial charge in [0.15, 0.2) is 0 Å². The highest BCUT2D eigenvalue weighted by atomic mass is 16.3. The fraction of sp³-hybridized carbons (Fsp3) is 0.0526. The van der Waals surface area contributed by atoms with Crippen LogP contribution in [-0.4, -0.2) is 17.0 Å². The second-order valence-corrected chi connectivity index (χ2v) is 5.01. The van der Waals surface area contributed by atoms with Crippen LogP contribution in [0.2, 0.25) is 0 Å². The number of furan rings is 1. The summed E-state index contributed by atoms with van der Waals surface area (Å²) >= 11 is 0. The van der Waals surface area contributed by atoms with Gasteiger partial charge in [0.25, 0.3) is 0 Å². The Morgan fingerprint density at radius 2 is 1.78 bits per heavy atom. The summed E-state index contributed by atoms with van der Waals surface area (Å²) in [5.74, 6) is 0.804. The van der Waals surface area contributed by atoms with E-state index in [9.17, 15) is 5.11 Å². The third-order valence-corrected chi connectivity index (χ3v) is 3.36. The molecular weight excluding hydrogens is 288 g/mol. The van der Waals surface area contributed by atoms with Gasteiger partial charge in [0.1, 0.15) is 5.75 Å². The van der Waals surface area contributed by atoms with Crippen molar-refractivity contribution in [3.05, 3.63) is 78.1 Å². The van der Waals surface area contributed by atoms with E-state index in [1.807, 2.05) is 55.5 Å². The molecule has 0 aliphatic carbocycles. The number of aromatic hydroxyl groups is 1. The number of nitrogens with zero attached hydrogens (tertiary/aromatic N) is 2. The standard InChI is InChI=1S/C19H16N2O2/c1-14(21-19-7-4-12-23-19)15-8-10-17(11-9-15)20-13-16-5-2-3-6-18(16)22/h2-13,22H,1H3/b20-13?,21-14-. The number of phenolic OH excluding ortho intramolecular Hbond substituents is 1. The lowest BCUT2D eigenvalue weighted by molar-refractivity contribution is 0.474. The largest absolute Gasteiger partial charge is 0.507 e. The van der Waals surface area contributed by atoms with Crippen LogP contribution in [0, 0.1) is 0 Å². The first-order valence-corrected chi connectivity index (χ1v) is 7.24. The van der Waals surface area contributed by atoms with Crippen molar-refractivity contribution in [2.45, 2.75) is 6.92 Å². The fourth-order valence-corrected chi connectivity index (χ4v) is 2.09. The first kappa shape index (κ1) is 14.8. The summed E-state index contributed by atoms with van der Waals surface area (Å²) < 4.78 is 5.21. The Hall–Kier alpha value is -3.14. The highest BCUT2D eigenvalue weighted by Gasteiger charge is 2.00. The van der Waals surface area contributed by atoms with Crippen LogP contribution >= 0.6 is 0 Å². The molecule has 1 aromatic heterocycles. The first-order valence-electron chi connectivity index (χ1n) is 7.24. The Morgan fingerprint density at radius 1 is 1.00 bits per heavy atom. The van der Waals surface area contributed by atoms with Gasteiger partial charge >= 0.3 is 0 Å². The van der Waals surface area contributed by atoms with E-state index in [1.54, 1.807) is 24.6 Å². The molecule has 0 radical (unpaired) electrons. The highest BCUT2D eigenvalue weighted by Crippen LogP contribution is 2.18. The van der Waals surface area contributed by atoms with Crippen molar-refractivity contribution in [1.82, 2.24) is 0 Å². The summed E-state index contributed by atoms with van der Waals surface area (Å²) in [5, 5.41) is 9.71. The summed E-state index contributed by atoms with van der Waals surface area (Å²) in [6, 6.07) is 18.4. The van der Waals surface area contributed by atoms with Gasteiger partial charge in [-0.15, -0.1) is 0 Å². The monoisotopic (exact) mass is 304 g/mol. The van der Waals surface area contributed by atoms with E-state index >= 15 is 0 Å². The molecule has 0 spiro atoms. The second kappa shape index (κ2) is 6.75. The Morgan fingerprint density at radius 3 is 2.48 bits per heavy atom. The van der Waals surface area contributed by atoms with E-state index in [0.717, 1.165) is 17.0 Å². The number of benzene rings is 2. The Kier molecular flexibility index (Phi) is 4.34. The minimum Gasteiger partial charge on any atom is -0.507 e. The minimum atomic E-state index is 0.217. The molecule has 114 valence electrons. The van der Waals surface area contributed by atoms with E-state index in [4.69, 9.17) is 4.42 Å². The van der Waals surface area contributed by atoms with Gasteiger partial charge in [-0.05, 0) is 42.8 Å². The third kappa shape index (κ3) is 3.74. The Labute approximate surface area is 134 Å². The molecule has 3 aromatic rings. The summed E-state index contributed by atoms with van der Waals surface area (Å²) in [5.41, 5.74) is 3.37. The van der Waals surface area contributed by atoms with Crippen LogP contribution in [0.5, 0.6) is 5.75 Å². The molecule has 0 bridgehead atoms. The van der Waals surface area contributed by atoms with Crippen LogP contribution in [-0.2, 0) is 0 Å². The van der Waals surface area contributed by atoms with Crippen LogP contribution in [0.1, 0.15) is 18.1 Å². The number of hydrogen-bond donors (Lipinski definition) is 1. The normalized spacial score (nSPS) is 12.0. The Bertz CT molecular complexity index is 832. The molecular formula is C19H16N2O2. The molecule has 1 N–H and O–H groups in total. The van der Waals surface area contributed by atoms with Gasteiger partial charge in [-0.25, -0.2) is 4.99 Å². The molecule has 2 aromatic carbocycles. The van der Waals surface area contributed by atoms with Gasteiger partial charge in [-0.1, -0.05) is 24.3 Å². The summed E-state index contributed by atoms with van der Waals surface area (Å²) in [4.78, 5) is 8.77.